The van der Waals surface area contributed by atoms with Crippen LogP contribution in [0.1, 0.15) is 33.5 Å². The number of halogens is 3. The van der Waals surface area contributed by atoms with Gasteiger partial charge >= 0.3 is 6.18 Å². The highest BCUT2D eigenvalue weighted by molar-refractivity contribution is 5.50. The predicted octanol–water partition coefficient (Wildman–Crippen LogP) is 6.09. The Morgan fingerprint density at radius 3 is 2.30 bits per heavy atom. The topological polar surface area (TPSA) is 63.4 Å². The molecule has 188 valence electrons. The molecule has 0 atom stereocenters. The standard InChI is InChI=1S/C29H25F3N4O/c1-21-16-17-34-25(18-21)20-37-28-9-5-8-27(29(30,31)32)26(28)19-36(33)35-24-14-12-23(13-15-24)11-10-22-6-3-2-4-7-22/h2-9,12-18,35H,19-20,33H2,1H3. The van der Waals surface area contributed by atoms with E-state index in [1.54, 1.807) is 30.5 Å². The highest BCUT2D eigenvalue weighted by atomic mass is 19.4. The van der Waals surface area contributed by atoms with Crippen molar-refractivity contribution in [3.8, 4) is 17.6 Å². The monoisotopic (exact) mass is 502 g/mol. The molecule has 0 aliphatic heterocycles. The van der Waals surface area contributed by atoms with Crippen molar-refractivity contribution in [2.75, 3.05) is 5.43 Å². The first-order valence-corrected chi connectivity index (χ1v) is 11.5. The number of hydrogen-bond acceptors (Lipinski definition) is 5. The Bertz CT molecular complexity index is 1390. The number of nitrogens with two attached hydrogens (primary N) is 1. The van der Waals surface area contributed by atoms with Crippen molar-refractivity contribution in [2.45, 2.75) is 26.3 Å². The van der Waals surface area contributed by atoms with Crippen LogP contribution in [-0.4, -0.2) is 10.1 Å². The lowest BCUT2D eigenvalue weighted by Gasteiger charge is -2.23. The predicted molar refractivity (Wildman–Crippen MR) is 137 cm³/mol. The Morgan fingerprint density at radius 2 is 1.62 bits per heavy atom. The second kappa shape index (κ2) is 11.6. The SMILES string of the molecule is Cc1ccnc(COc2cccc(C(F)(F)F)c2CN(N)Nc2ccc(C#Cc3ccccc3)cc2)c1. The molecule has 0 unspecified atom stereocenters. The molecule has 4 aromatic rings. The summed E-state index contributed by atoms with van der Waals surface area (Å²) in [6, 6.07) is 24.2. The molecule has 8 heteroatoms. The lowest BCUT2D eigenvalue weighted by molar-refractivity contribution is -0.138. The van der Waals surface area contributed by atoms with Crippen LogP contribution in [-0.2, 0) is 19.3 Å². The number of aryl methyl sites for hydroxylation is 1. The fraction of sp³-hybridized carbons (Fsp3) is 0.138. The molecule has 0 saturated carbocycles. The third-order valence-electron chi connectivity index (χ3n) is 5.40. The summed E-state index contributed by atoms with van der Waals surface area (Å²) in [6.45, 7) is 1.67. The fourth-order valence-electron chi connectivity index (χ4n) is 3.63. The summed E-state index contributed by atoms with van der Waals surface area (Å²) in [6.07, 6.45) is -2.94. The van der Waals surface area contributed by atoms with Crippen LogP contribution in [0, 0.1) is 18.8 Å². The van der Waals surface area contributed by atoms with Gasteiger partial charge in [0.1, 0.15) is 12.4 Å². The molecule has 0 radical (unpaired) electrons. The second-order valence-corrected chi connectivity index (χ2v) is 8.33. The fourth-order valence-corrected chi connectivity index (χ4v) is 3.63. The Morgan fingerprint density at radius 1 is 0.919 bits per heavy atom. The van der Waals surface area contributed by atoms with Gasteiger partial charge in [0.05, 0.1) is 23.5 Å². The molecule has 4 rings (SSSR count). The van der Waals surface area contributed by atoms with E-state index < -0.39 is 11.7 Å². The van der Waals surface area contributed by atoms with Crippen LogP contribution in [0.4, 0.5) is 18.9 Å². The zero-order valence-electron chi connectivity index (χ0n) is 20.1. The molecular weight excluding hydrogens is 477 g/mol. The third kappa shape index (κ3) is 7.34. The first-order chi connectivity index (χ1) is 17.8. The Labute approximate surface area is 213 Å². The van der Waals surface area contributed by atoms with Crippen LogP contribution in [0.2, 0.25) is 0 Å². The van der Waals surface area contributed by atoms with Gasteiger partial charge in [-0.15, -0.1) is 0 Å². The normalized spacial score (nSPS) is 11.1. The van der Waals surface area contributed by atoms with Crippen LogP contribution in [0.5, 0.6) is 5.75 Å². The number of aromatic nitrogens is 1. The van der Waals surface area contributed by atoms with Crippen molar-refractivity contribution in [1.82, 2.24) is 10.1 Å². The van der Waals surface area contributed by atoms with Gasteiger partial charge in [-0.3, -0.25) is 10.8 Å². The molecule has 0 amide bonds. The van der Waals surface area contributed by atoms with Gasteiger partial charge in [0, 0.05) is 22.9 Å². The average molecular weight is 503 g/mol. The van der Waals surface area contributed by atoms with Gasteiger partial charge in [0.15, 0.2) is 0 Å². The zero-order valence-corrected chi connectivity index (χ0v) is 20.1. The number of alkyl halides is 3. The van der Waals surface area contributed by atoms with Crippen molar-refractivity contribution < 1.29 is 17.9 Å². The number of benzene rings is 3. The number of anilines is 1. The first kappa shape index (κ1) is 25.8. The molecule has 0 fully saturated rings. The van der Waals surface area contributed by atoms with Gasteiger partial charge < -0.3 is 10.2 Å². The highest BCUT2D eigenvalue weighted by Gasteiger charge is 2.35. The van der Waals surface area contributed by atoms with E-state index in [2.05, 4.69) is 22.3 Å². The lowest BCUT2D eigenvalue weighted by atomic mass is 10.1. The second-order valence-electron chi connectivity index (χ2n) is 8.33. The summed E-state index contributed by atoms with van der Waals surface area (Å²) >= 11 is 0. The van der Waals surface area contributed by atoms with Gasteiger partial charge in [-0.25, -0.2) is 0 Å². The summed E-state index contributed by atoms with van der Waals surface area (Å²) in [5.74, 6) is 12.3. The minimum atomic E-state index is -4.57. The maximum Gasteiger partial charge on any atom is 0.416 e. The van der Waals surface area contributed by atoms with E-state index in [1.807, 2.05) is 49.4 Å². The van der Waals surface area contributed by atoms with Crippen LogP contribution >= 0.6 is 0 Å². The molecule has 0 spiro atoms. The molecule has 0 aliphatic carbocycles. The van der Waals surface area contributed by atoms with E-state index in [0.29, 0.717) is 11.4 Å². The van der Waals surface area contributed by atoms with Crippen molar-refractivity contribution in [2.24, 2.45) is 5.84 Å². The van der Waals surface area contributed by atoms with Crippen LogP contribution in [0.15, 0.2) is 91.1 Å². The van der Waals surface area contributed by atoms with Gasteiger partial charge in [-0.2, -0.15) is 18.3 Å². The van der Waals surface area contributed by atoms with Crippen LogP contribution in [0.3, 0.4) is 0 Å². The van der Waals surface area contributed by atoms with Gasteiger partial charge in [0.2, 0.25) is 0 Å². The zero-order chi connectivity index (χ0) is 26.3. The molecule has 1 aromatic heterocycles. The molecule has 5 nitrogen and oxygen atoms in total. The Balaban J connectivity index is 1.48. The van der Waals surface area contributed by atoms with Crippen molar-refractivity contribution in [1.29, 1.82) is 0 Å². The number of pyridine rings is 1. The summed E-state index contributed by atoms with van der Waals surface area (Å²) in [7, 11) is 0. The summed E-state index contributed by atoms with van der Waals surface area (Å²) in [5, 5.41) is 1.09. The van der Waals surface area contributed by atoms with Crippen molar-refractivity contribution in [3.63, 3.8) is 0 Å². The third-order valence-corrected chi connectivity index (χ3v) is 5.40. The number of ether oxygens (including phenoxy) is 1. The van der Waals surface area contributed by atoms with E-state index in [1.165, 1.54) is 12.1 Å². The van der Waals surface area contributed by atoms with E-state index in [-0.39, 0.29) is 24.5 Å². The van der Waals surface area contributed by atoms with E-state index in [9.17, 15) is 13.2 Å². The first-order valence-electron chi connectivity index (χ1n) is 11.5. The molecule has 0 bridgehead atoms. The summed E-state index contributed by atoms with van der Waals surface area (Å²) in [4.78, 5) is 4.21. The number of nitrogens with one attached hydrogen (secondary N) is 1. The molecule has 3 aromatic carbocycles. The van der Waals surface area contributed by atoms with Gasteiger partial charge in [-0.1, -0.05) is 36.1 Å². The molecule has 1 heterocycles. The lowest BCUT2D eigenvalue weighted by Crippen LogP contribution is -2.36. The minimum Gasteiger partial charge on any atom is -0.487 e. The smallest absolute Gasteiger partial charge is 0.416 e. The van der Waals surface area contributed by atoms with Crippen molar-refractivity contribution >= 4 is 5.69 Å². The summed E-state index contributed by atoms with van der Waals surface area (Å²) in [5.41, 5.74) is 5.90. The highest BCUT2D eigenvalue weighted by Crippen LogP contribution is 2.36. The van der Waals surface area contributed by atoms with Crippen molar-refractivity contribution in [3.05, 3.63) is 125 Å². The van der Waals surface area contributed by atoms with Crippen LogP contribution in [0.25, 0.3) is 0 Å². The number of nitrogens with zero attached hydrogens (tertiary/aromatic N) is 2. The molecule has 0 saturated heterocycles. The number of hydrazine groups is 2. The molecule has 0 aliphatic rings. The van der Waals surface area contributed by atoms with E-state index >= 15 is 0 Å². The quantitative estimate of drug-likeness (QED) is 0.182. The minimum absolute atomic E-state index is 0.0273. The maximum absolute atomic E-state index is 13.8. The van der Waals surface area contributed by atoms with E-state index in [0.717, 1.165) is 27.9 Å². The van der Waals surface area contributed by atoms with Crippen LogP contribution < -0.4 is 16.0 Å². The maximum atomic E-state index is 13.8. The summed E-state index contributed by atoms with van der Waals surface area (Å²) < 4.78 is 47.2. The Kier molecular flexibility index (Phi) is 8.08. The molecule has 3 N–H and O–H groups in total. The largest absolute Gasteiger partial charge is 0.487 e. The average Bonchev–Trinajstić information content (AvgIpc) is 2.87. The van der Waals surface area contributed by atoms with Gasteiger partial charge in [0.25, 0.3) is 0 Å². The van der Waals surface area contributed by atoms with Gasteiger partial charge in [-0.05, 0) is 73.2 Å². The molecule has 37 heavy (non-hydrogen) atoms. The van der Waals surface area contributed by atoms with E-state index in [4.69, 9.17) is 10.6 Å². The number of rotatable bonds is 7. The Hall–Kier alpha value is -4.32. The molecular formula is C29H25F3N4O. The number of hydrogen-bond donors (Lipinski definition) is 2.